The second-order valence-electron chi connectivity index (χ2n) is 2.65. The highest BCUT2D eigenvalue weighted by Crippen LogP contribution is 2.30. The zero-order chi connectivity index (χ0) is 11.4. The fourth-order valence-corrected chi connectivity index (χ4v) is 1.82. The molecule has 0 aliphatic carbocycles. The zero-order valence-corrected chi connectivity index (χ0v) is 9.48. The molecular weight excluding hydrogens is 219 g/mol. The number of hydrogen-bond acceptors (Lipinski definition) is 4. The first kappa shape index (κ1) is 11.8. The van der Waals surface area contributed by atoms with Crippen LogP contribution in [0.2, 0.25) is 0 Å². The van der Waals surface area contributed by atoms with Crippen molar-refractivity contribution >= 4 is 17.7 Å². The predicted molar refractivity (Wildman–Crippen MR) is 56.1 cm³/mol. The van der Waals surface area contributed by atoms with E-state index in [9.17, 15) is 9.18 Å². The van der Waals surface area contributed by atoms with Crippen molar-refractivity contribution in [2.45, 2.75) is 4.90 Å². The van der Waals surface area contributed by atoms with E-state index >= 15 is 0 Å². The molecule has 0 saturated carbocycles. The molecule has 0 fully saturated rings. The Morgan fingerprint density at radius 1 is 1.40 bits per heavy atom. The summed E-state index contributed by atoms with van der Waals surface area (Å²) in [5.41, 5.74) is 0.211. The van der Waals surface area contributed by atoms with Crippen molar-refractivity contribution < 1.29 is 18.7 Å². The second-order valence-corrected chi connectivity index (χ2v) is 3.47. The van der Waals surface area contributed by atoms with Gasteiger partial charge >= 0.3 is 5.97 Å². The third kappa shape index (κ3) is 2.23. The van der Waals surface area contributed by atoms with Crippen LogP contribution < -0.4 is 4.74 Å². The fourth-order valence-electron chi connectivity index (χ4n) is 1.17. The van der Waals surface area contributed by atoms with Gasteiger partial charge < -0.3 is 9.47 Å². The number of carbonyl (C=O) groups excluding carboxylic acids is 1. The maximum Gasteiger partial charge on any atom is 0.339 e. The summed E-state index contributed by atoms with van der Waals surface area (Å²) in [6.45, 7) is 0. The van der Waals surface area contributed by atoms with Gasteiger partial charge in [0.15, 0.2) is 11.6 Å². The van der Waals surface area contributed by atoms with Gasteiger partial charge in [0.25, 0.3) is 0 Å². The van der Waals surface area contributed by atoms with Crippen LogP contribution in [0.4, 0.5) is 4.39 Å². The molecule has 0 bridgehead atoms. The van der Waals surface area contributed by atoms with Crippen molar-refractivity contribution in [3.05, 3.63) is 23.5 Å². The summed E-state index contributed by atoms with van der Waals surface area (Å²) in [4.78, 5) is 11.5. The van der Waals surface area contributed by atoms with E-state index in [1.54, 1.807) is 6.26 Å². The summed E-state index contributed by atoms with van der Waals surface area (Å²) in [5.74, 6) is -0.971. The van der Waals surface area contributed by atoms with Gasteiger partial charge in [-0.05, 0) is 18.4 Å². The number of hydrogen-bond donors (Lipinski definition) is 0. The first-order valence-electron chi connectivity index (χ1n) is 4.14. The first-order valence-corrected chi connectivity index (χ1v) is 5.37. The van der Waals surface area contributed by atoms with E-state index in [0.717, 1.165) is 11.8 Å². The quantitative estimate of drug-likeness (QED) is 0.590. The van der Waals surface area contributed by atoms with Crippen molar-refractivity contribution in [1.82, 2.24) is 0 Å². The number of benzene rings is 1. The average Bonchev–Trinajstić information content (AvgIpc) is 2.27. The Bertz CT molecular complexity index is 379. The van der Waals surface area contributed by atoms with Crippen molar-refractivity contribution in [2.24, 2.45) is 0 Å². The Morgan fingerprint density at radius 2 is 2.07 bits per heavy atom. The molecule has 0 radical (unpaired) electrons. The Labute approximate surface area is 91.6 Å². The monoisotopic (exact) mass is 230 g/mol. The largest absolute Gasteiger partial charge is 0.494 e. The Kier molecular flexibility index (Phi) is 3.96. The standard InChI is InChI=1S/C10H11FO3S/c1-13-7-5-4-6(10(12)14-2)9(15-3)8(7)11/h4-5H,1-3H3. The lowest BCUT2D eigenvalue weighted by Crippen LogP contribution is -2.05. The smallest absolute Gasteiger partial charge is 0.339 e. The van der Waals surface area contributed by atoms with Crippen molar-refractivity contribution in [3.63, 3.8) is 0 Å². The minimum Gasteiger partial charge on any atom is -0.494 e. The molecule has 15 heavy (non-hydrogen) atoms. The molecule has 0 aliphatic heterocycles. The van der Waals surface area contributed by atoms with Crippen LogP contribution >= 0.6 is 11.8 Å². The molecule has 5 heteroatoms. The second kappa shape index (κ2) is 5.02. The molecule has 3 nitrogen and oxygen atoms in total. The van der Waals surface area contributed by atoms with E-state index < -0.39 is 11.8 Å². The predicted octanol–water partition coefficient (Wildman–Crippen LogP) is 2.34. The van der Waals surface area contributed by atoms with E-state index in [0.29, 0.717) is 0 Å². The molecule has 1 aromatic rings. The molecule has 0 amide bonds. The average molecular weight is 230 g/mol. The van der Waals surface area contributed by atoms with Crippen LogP contribution in [-0.4, -0.2) is 26.4 Å². The topological polar surface area (TPSA) is 35.5 Å². The summed E-state index contributed by atoms with van der Waals surface area (Å²) < 4.78 is 23.0. The van der Waals surface area contributed by atoms with Gasteiger partial charge in [-0.2, -0.15) is 0 Å². The lowest BCUT2D eigenvalue weighted by molar-refractivity contribution is 0.0595. The molecule has 82 valence electrons. The summed E-state index contributed by atoms with van der Waals surface area (Å²) in [6, 6.07) is 2.89. The fraction of sp³-hybridized carbons (Fsp3) is 0.300. The third-order valence-corrected chi connectivity index (χ3v) is 2.70. The van der Waals surface area contributed by atoms with Crippen LogP contribution in [0.3, 0.4) is 0 Å². The van der Waals surface area contributed by atoms with Crippen LogP contribution in [0, 0.1) is 5.82 Å². The molecule has 0 aromatic heterocycles. The molecule has 1 aromatic carbocycles. The van der Waals surface area contributed by atoms with E-state index in [1.165, 1.54) is 26.4 Å². The third-order valence-electron chi connectivity index (χ3n) is 1.89. The van der Waals surface area contributed by atoms with E-state index in [1.807, 2.05) is 0 Å². The van der Waals surface area contributed by atoms with Crippen LogP contribution in [-0.2, 0) is 4.74 Å². The van der Waals surface area contributed by atoms with Gasteiger partial charge in [-0.1, -0.05) is 0 Å². The minimum atomic E-state index is -0.555. The van der Waals surface area contributed by atoms with E-state index in [-0.39, 0.29) is 16.2 Å². The van der Waals surface area contributed by atoms with Gasteiger partial charge in [0.05, 0.1) is 24.7 Å². The van der Waals surface area contributed by atoms with E-state index in [4.69, 9.17) is 4.74 Å². The highest BCUT2D eigenvalue weighted by Gasteiger charge is 2.18. The Morgan fingerprint density at radius 3 is 2.53 bits per heavy atom. The first-order chi connectivity index (χ1) is 7.15. The maximum atomic E-state index is 13.7. The highest BCUT2D eigenvalue weighted by atomic mass is 32.2. The number of thioether (sulfide) groups is 1. The summed E-state index contributed by atoms with van der Waals surface area (Å²) in [7, 11) is 2.63. The van der Waals surface area contributed by atoms with Crippen LogP contribution in [0.5, 0.6) is 5.75 Å². The maximum absolute atomic E-state index is 13.7. The Balaban J connectivity index is 3.30. The lowest BCUT2D eigenvalue weighted by atomic mass is 10.2. The number of carbonyl (C=O) groups is 1. The van der Waals surface area contributed by atoms with E-state index in [2.05, 4.69) is 4.74 Å². The van der Waals surface area contributed by atoms with Crippen molar-refractivity contribution in [2.75, 3.05) is 20.5 Å². The van der Waals surface area contributed by atoms with Gasteiger partial charge in [-0.25, -0.2) is 9.18 Å². The molecular formula is C10H11FO3S. The minimum absolute atomic E-state index is 0.118. The molecule has 0 unspecified atom stereocenters. The number of halogens is 1. The molecule has 0 spiro atoms. The summed E-state index contributed by atoms with van der Waals surface area (Å²) in [6.07, 6.45) is 1.68. The molecule has 0 aliphatic rings. The summed E-state index contributed by atoms with van der Waals surface area (Å²) >= 11 is 1.14. The van der Waals surface area contributed by atoms with Crippen LogP contribution in [0.15, 0.2) is 17.0 Å². The van der Waals surface area contributed by atoms with Gasteiger partial charge in [-0.3, -0.25) is 0 Å². The van der Waals surface area contributed by atoms with Crippen molar-refractivity contribution in [3.8, 4) is 5.75 Å². The zero-order valence-electron chi connectivity index (χ0n) is 8.67. The van der Waals surface area contributed by atoms with Gasteiger partial charge in [-0.15, -0.1) is 11.8 Å². The number of esters is 1. The van der Waals surface area contributed by atoms with Crippen LogP contribution in [0.1, 0.15) is 10.4 Å². The van der Waals surface area contributed by atoms with Gasteiger partial charge in [0, 0.05) is 0 Å². The highest BCUT2D eigenvalue weighted by molar-refractivity contribution is 7.98. The molecule has 0 N–H and O–H groups in total. The van der Waals surface area contributed by atoms with Gasteiger partial charge in [0.1, 0.15) is 0 Å². The molecule has 0 saturated heterocycles. The molecule has 0 heterocycles. The van der Waals surface area contributed by atoms with Crippen molar-refractivity contribution in [1.29, 1.82) is 0 Å². The van der Waals surface area contributed by atoms with Gasteiger partial charge in [0.2, 0.25) is 0 Å². The lowest BCUT2D eigenvalue weighted by Gasteiger charge is -2.09. The summed E-state index contributed by atoms with van der Waals surface area (Å²) in [5, 5.41) is 0. The SMILES string of the molecule is COC(=O)c1ccc(OC)c(F)c1SC. The normalized spacial score (nSPS) is 9.87. The number of methoxy groups -OCH3 is 2. The number of rotatable bonds is 3. The van der Waals surface area contributed by atoms with Crippen LogP contribution in [0.25, 0.3) is 0 Å². The Hall–Kier alpha value is -1.23. The molecule has 0 atom stereocenters. The number of ether oxygens (including phenoxy) is 2. The molecule has 1 rings (SSSR count).